The molecule has 0 spiro atoms. The quantitative estimate of drug-likeness (QED) is 0.773. The zero-order chi connectivity index (χ0) is 18.8. The third-order valence-corrected chi connectivity index (χ3v) is 5.05. The van der Waals surface area contributed by atoms with Gasteiger partial charge in [-0.2, -0.15) is 0 Å². The fourth-order valence-corrected chi connectivity index (χ4v) is 3.57. The monoisotopic (exact) mass is 363 g/mol. The summed E-state index contributed by atoms with van der Waals surface area (Å²) in [6.07, 6.45) is 5.00. The number of nitrogens with one attached hydrogen (secondary N) is 1. The number of likely N-dealkylation sites (tertiary alicyclic amines) is 1. The highest BCUT2D eigenvalue weighted by atomic mass is 16.5. The normalized spacial score (nSPS) is 16.6. The molecule has 6 nitrogen and oxygen atoms in total. The Balaban J connectivity index is 1.55. The summed E-state index contributed by atoms with van der Waals surface area (Å²) in [4.78, 5) is 34.8. The lowest BCUT2D eigenvalue weighted by Crippen LogP contribution is -2.41. The van der Waals surface area contributed by atoms with Crippen molar-refractivity contribution in [3.8, 4) is 5.75 Å². The molecule has 1 aliphatic heterocycles. The molecule has 1 aliphatic rings. The molecule has 1 aromatic carbocycles. The summed E-state index contributed by atoms with van der Waals surface area (Å²) >= 11 is 0. The van der Waals surface area contributed by atoms with Crippen LogP contribution in [0.25, 0.3) is 10.9 Å². The molecule has 2 aromatic heterocycles. The lowest BCUT2D eigenvalue weighted by Gasteiger charge is -2.25. The highest BCUT2D eigenvalue weighted by Gasteiger charge is 2.31. The van der Waals surface area contributed by atoms with E-state index >= 15 is 0 Å². The maximum atomic E-state index is 13.0. The topological polar surface area (TPSA) is 75.3 Å². The van der Waals surface area contributed by atoms with Crippen LogP contribution in [0, 0.1) is 6.92 Å². The first-order valence-electron chi connectivity index (χ1n) is 9.11. The predicted molar refractivity (Wildman–Crippen MR) is 103 cm³/mol. The molecule has 1 N–H and O–H groups in total. The summed E-state index contributed by atoms with van der Waals surface area (Å²) in [6, 6.07) is 10.9. The minimum Gasteiger partial charge on any atom is -0.490 e. The van der Waals surface area contributed by atoms with Crippen LogP contribution >= 0.6 is 0 Å². The number of aromatic nitrogens is 2. The molecule has 1 saturated heterocycles. The average molecular weight is 363 g/mol. The number of ether oxygens (including phenoxy) is 1. The van der Waals surface area contributed by atoms with Gasteiger partial charge >= 0.3 is 0 Å². The van der Waals surface area contributed by atoms with Gasteiger partial charge in [0.05, 0.1) is 11.7 Å². The number of carbonyl (C=O) groups is 1. The molecule has 6 heteroatoms. The molecule has 1 atom stereocenters. The number of pyridine rings is 2. The molecular weight excluding hydrogens is 342 g/mol. The number of benzene rings is 1. The number of amides is 1. The maximum Gasteiger partial charge on any atom is 0.259 e. The lowest BCUT2D eigenvalue weighted by atomic mass is 10.1. The molecule has 3 heterocycles. The number of fused-ring (bicyclic) bond motifs is 1. The highest BCUT2D eigenvalue weighted by molar-refractivity contribution is 5.97. The second-order valence-corrected chi connectivity index (χ2v) is 6.77. The number of carbonyl (C=O) groups excluding carboxylic acids is 1. The first-order valence-corrected chi connectivity index (χ1v) is 9.11. The molecule has 27 heavy (non-hydrogen) atoms. The Hall–Kier alpha value is -3.15. The van der Waals surface area contributed by atoms with Gasteiger partial charge in [-0.05, 0) is 44.0 Å². The fourth-order valence-electron chi connectivity index (χ4n) is 3.57. The maximum absolute atomic E-state index is 13.0. The highest BCUT2D eigenvalue weighted by Crippen LogP contribution is 2.22. The summed E-state index contributed by atoms with van der Waals surface area (Å²) in [5, 5.41) is 0.529. The van der Waals surface area contributed by atoms with Gasteiger partial charge in [0.25, 0.3) is 5.91 Å². The van der Waals surface area contributed by atoms with Crippen molar-refractivity contribution in [2.75, 3.05) is 13.2 Å². The van der Waals surface area contributed by atoms with E-state index in [4.69, 9.17) is 4.74 Å². The second kappa shape index (κ2) is 7.23. The summed E-state index contributed by atoms with van der Waals surface area (Å²) in [5.74, 6) is 0.483. The van der Waals surface area contributed by atoms with Crippen LogP contribution in [0.15, 0.2) is 53.6 Å². The summed E-state index contributed by atoms with van der Waals surface area (Å²) in [5.41, 5.74) is 1.49. The smallest absolute Gasteiger partial charge is 0.259 e. The Morgan fingerprint density at radius 2 is 2.15 bits per heavy atom. The molecule has 0 bridgehead atoms. The van der Waals surface area contributed by atoms with E-state index < -0.39 is 0 Å². The van der Waals surface area contributed by atoms with Crippen molar-refractivity contribution >= 4 is 16.8 Å². The average Bonchev–Trinajstić information content (AvgIpc) is 3.16. The van der Waals surface area contributed by atoms with Gasteiger partial charge in [0, 0.05) is 29.8 Å². The van der Waals surface area contributed by atoms with Crippen LogP contribution in [0.3, 0.4) is 0 Å². The van der Waals surface area contributed by atoms with Gasteiger partial charge in [-0.1, -0.05) is 12.1 Å². The summed E-state index contributed by atoms with van der Waals surface area (Å²) in [7, 11) is 0. The van der Waals surface area contributed by atoms with Gasteiger partial charge in [-0.25, -0.2) is 0 Å². The number of H-pyrrole nitrogens is 1. The zero-order valence-corrected chi connectivity index (χ0v) is 15.1. The second-order valence-electron chi connectivity index (χ2n) is 6.77. The van der Waals surface area contributed by atoms with Gasteiger partial charge in [0.2, 0.25) is 5.43 Å². The third-order valence-electron chi connectivity index (χ3n) is 5.05. The molecule has 0 aliphatic carbocycles. The van der Waals surface area contributed by atoms with Gasteiger partial charge in [0.15, 0.2) is 0 Å². The summed E-state index contributed by atoms with van der Waals surface area (Å²) < 4.78 is 5.90. The number of aromatic amines is 1. The van der Waals surface area contributed by atoms with Gasteiger partial charge in [0.1, 0.15) is 17.9 Å². The van der Waals surface area contributed by atoms with Crippen LogP contribution in [-0.2, 0) is 0 Å². The van der Waals surface area contributed by atoms with Crippen LogP contribution in [0.5, 0.6) is 5.75 Å². The van der Waals surface area contributed by atoms with Crippen LogP contribution in [0.1, 0.15) is 28.9 Å². The van der Waals surface area contributed by atoms with E-state index in [9.17, 15) is 9.59 Å². The van der Waals surface area contributed by atoms with E-state index in [1.807, 2.05) is 31.2 Å². The molecular formula is C21H21N3O3. The number of rotatable bonds is 4. The van der Waals surface area contributed by atoms with Crippen molar-refractivity contribution in [3.63, 3.8) is 0 Å². The summed E-state index contributed by atoms with van der Waals surface area (Å²) in [6.45, 7) is 2.91. The van der Waals surface area contributed by atoms with E-state index in [0.717, 1.165) is 29.8 Å². The molecule has 3 aromatic rings. The van der Waals surface area contributed by atoms with Gasteiger partial charge < -0.3 is 14.6 Å². The van der Waals surface area contributed by atoms with E-state index in [0.29, 0.717) is 18.5 Å². The van der Waals surface area contributed by atoms with Crippen molar-refractivity contribution in [2.24, 2.45) is 0 Å². The van der Waals surface area contributed by atoms with Crippen LogP contribution in [-0.4, -0.2) is 40.0 Å². The molecule has 0 radical (unpaired) electrons. The van der Waals surface area contributed by atoms with E-state index in [1.165, 1.54) is 6.20 Å². The van der Waals surface area contributed by atoms with Crippen molar-refractivity contribution < 1.29 is 9.53 Å². The lowest BCUT2D eigenvalue weighted by molar-refractivity contribution is 0.0689. The predicted octanol–water partition coefficient (Wildman–Crippen LogP) is 2.92. The number of para-hydroxylation sites is 1. The van der Waals surface area contributed by atoms with E-state index in [-0.39, 0.29) is 22.9 Å². The number of hydrogen-bond acceptors (Lipinski definition) is 4. The van der Waals surface area contributed by atoms with Crippen molar-refractivity contribution in [2.45, 2.75) is 25.8 Å². The van der Waals surface area contributed by atoms with E-state index in [2.05, 4.69) is 9.97 Å². The van der Waals surface area contributed by atoms with Gasteiger partial charge in [-0.3, -0.25) is 14.6 Å². The minimum atomic E-state index is -0.240. The molecule has 1 amide bonds. The largest absolute Gasteiger partial charge is 0.490 e. The molecule has 4 rings (SSSR count). The van der Waals surface area contributed by atoms with Crippen LogP contribution in [0.4, 0.5) is 0 Å². The first-order chi connectivity index (χ1) is 13.1. The number of nitrogens with zero attached hydrogens (tertiary/aromatic N) is 2. The standard InChI is InChI=1S/C21H21N3O3/c1-14-19(9-4-10-22-14)27-13-15-6-5-11-24(15)21(26)17-12-23-18-8-3-2-7-16(18)20(17)25/h2-4,7-10,12,15H,5-6,11,13H2,1H3,(H,23,25). The Labute approximate surface area is 156 Å². The van der Waals surface area contributed by atoms with E-state index in [1.54, 1.807) is 23.2 Å². The molecule has 1 unspecified atom stereocenters. The number of hydrogen-bond donors (Lipinski definition) is 1. The van der Waals surface area contributed by atoms with Crippen molar-refractivity contribution in [1.82, 2.24) is 14.9 Å². The molecule has 1 fully saturated rings. The fraction of sp³-hybridized carbons (Fsp3) is 0.286. The Kier molecular flexibility index (Phi) is 4.62. The van der Waals surface area contributed by atoms with Crippen LogP contribution < -0.4 is 10.2 Å². The minimum absolute atomic E-state index is 0.0528. The Bertz CT molecular complexity index is 1040. The number of aryl methyl sites for hydroxylation is 1. The first kappa shape index (κ1) is 17.3. The van der Waals surface area contributed by atoms with Crippen molar-refractivity contribution in [1.29, 1.82) is 0 Å². The van der Waals surface area contributed by atoms with Crippen molar-refractivity contribution in [3.05, 3.63) is 70.3 Å². The Morgan fingerprint density at radius 3 is 3.00 bits per heavy atom. The third kappa shape index (κ3) is 3.30. The zero-order valence-electron chi connectivity index (χ0n) is 15.1. The molecule has 138 valence electrons. The Morgan fingerprint density at radius 1 is 1.30 bits per heavy atom. The SMILES string of the molecule is Cc1ncccc1OCC1CCCN1C(=O)c1c[nH]c2ccccc2c1=O. The van der Waals surface area contributed by atoms with Gasteiger partial charge in [-0.15, -0.1) is 0 Å². The van der Waals surface area contributed by atoms with Crippen LogP contribution in [0.2, 0.25) is 0 Å². The molecule has 0 saturated carbocycles.